The van der Waals surface area contributed by atoms with E-state index in [9.17, 15) is 14.4 Å². The summed E-state index contributed by atoms with van der Waals surface area (Å²) < 4.78 is 15.1. The highest BCUT2D eigenvalue weighted by molar-refractivity contribution is 6.04. The second-order valence-corrected chi connectivity index (χ2v) is 5.97. The number of Topliss-reactive ketones (excluding diaryl/α,β-unsaturated/α-hetero) is 1. The first kappa shape index (κ1) is 20.4. The number of methoxy groups -OCH3 is 1. The third-order valence-electron chi connectivity index (χ3n) is 4.03. The molecule has 0 atom stereocenters. The summed E-state index contributed by atoms with van der Waals surface area (Å²) in [5.41, 5.74) is 2.85. The molecule has 144 valence electrons. The van der Waals surface area contributed by atoms with Gasteiger partial charge in [-0.25, -0.2) is 9.59 Å². The first-order valence-electron chi connectivity index (χ1n) is 8.53. The highest BCUT2D eigenvalue weighted by Gasteiger charge is 2.23. The summed E-state index contributed by atoms with van der Waals surface area (Å²) in [5.74, 6) is -1.50. The summed E-state index contributed by atoms with van der Waals surface area (Å²) in [7, 11) is 1.59. The van der Waals surface area contributed by atoms with E-state index in [1.807, 2.05) is 0 Å². The maximum atomic E-state index is 12.5. The second kappa shape index (κ2) is 9.14. The molecule has 0 aliphatic rings. The van der Waals surface area contributed by atoms with Gasteiger partial charge in [-0.05, 0) is 44.0 Å². The van der Waals surface area contributed by atoms with E-state index >= 15 is 0 Å². The third kappa shape index (κ3) is 4.83. The van der Waals surface area contributed by atoms with Gasteiger partial charge in [0, 0.05) is 18.4 Å². The number of aromatic nitrogens is 1. The van der Waals surface area contributed by atoms with Crippen molar-refractivity contribution in [1.29, 1.82) is 0 Å². The van der Waals surface area contributed by atoms with Crippen LogP contribution in [0.3, 0.4) is 0 Å². The Labute approximate surface area is 157 Å². The van der Waals surface area contributed by atoms with E-state index in [1.54, 1.807) is 52.1 Å². The molecule has 0 radical (unpaired) electrons. The van der Waals surface area contributed by atoms with Gasteiger partial charge in [-0.15, -0.1) is 0 Å². The molecule has 7 nitrogen and oxygen atoms in total. The lowest BCUT2D eigenvalue weighted by Crippen LogP contribution is -2.15. The molecule has 0 amide bonds. The van der Waals surface area contributed by atoms with E-state index in [4.69, 9.17) is 14.2 Å². The summed E-state index contributed by atoms with van der Waals surface area (Å²) in [5, 5.41) is 0. The zero-order valence-electron chi connectivity index (χ0n) is 15.9. The number of aryl methyl sites for hydroxylation is 1. The Hall–Kier alpha value is -2.93. The molecular weight excluding hydrogens is 350 g/mol. The molecule has 0 saturated heterocycles. The molecule has 7 heteroatoms. The van der Waals surface area contributed by atoms with Crippen molar-refractivity contribution in [2.45, 2.75) is 27.4 Å². The number of carbonyl (C=O) groups is 3. The van der Waals surface area contributed by atoms with Crippen LogP contribution in [-0.4, -0.2) is 43.0 Å². The minimum Gasteiger partial charge on any atom is -0.461 e. The minimum absolute atomic E-state index is 0.234. The summed E-state index contributed by atoms with van der Waals surface area (Å²) in [6.45, 7) is 5.30. The average molecular weight is 373 g/mol. The Kier molecular flexibility index (Phi) is 6.90. The highest BCUT2D eigenvalue weighted by Crippen LogP contribution is 2.20. The molecule has 0 spiro atoms. The number of rotatable bonds is 8. The quantitative estimate of drug-likeness (QED) is 0.565. The van der Waals surface area contributed by atoms with E-state index in [0.29, 0.717) is 29.0 Å². The van der Waals surface area contributed by atoms with Crippen LogP contribution < -0.4 is 0 Å². The van der Waals surface area contributed by atoms with Gasteiger partial charge in [-0.3, -0.25) is 4.79 Å². The van der Waals surface area contributed by atoms with Crippen LogP contribution in [-0.2, 0) is 20.8 Å². The van der Waals surface area contributed by atoms with Crippen LogP contribution in [0.15, 0.2) is 24.3 Å². The molecule has 2 aromatic rings. The SMILES string of the molecule is CCOC(=O)c1[nH]c(C)c(C(=O)COC(=O)c2ccc(COC)cc2)c1C. The lowest BCUT2D eigenvalue weighted by atomic mass is 10.1. The Morgan fingerprint density at radius 1 is 1.00 bits per heavy atom. The number of ether oxygens (including phenoxy) is 3. The number of nitrogens with one attached hydrogen (secondary N) is 1. The molecule has 1 aromatic heterocycles. The van der Waals surface area contributed by atoms with E-state index in [0.717, 1.165) is 5.56 Å². The van der Waals surface area contributed by atoms with E-state index < -0.39 is 18.5 Å². The van der Waals surface area contributed by atoms with Crippen molar-refractivity contribution >= 4 is 17.7 Å². The van der Waals surface area contributed by atoms with Crippen LogP contribution in [0.1, 0.15) is 54.9 Å². The molecule has 0 saturated carbocycles. The minimum atomic E-state index is -0.594. The van der Waals surface area contributed by atoms with Gasteiger partial charge in [0.05, 0.1) is 18.8 Å². The molecule has 1 N–H and O–H groups in total. The van der Waals surface area contributed by atoms with Crippen molar-refractivity contribution in [3.05, 3.63) is 57.9 Å². The predicted molar refractivity (Wildman–Crippen MR) is 98.0 cm³/mol. The number of aromatic amines is 1. The van der Waals surface area contributed by atoms with Crippen LogP contribution >= 0.6 is 0 Å². The van der Waals surface area contributed by atoms with Crippen LogP contribution in [0, 0.1) is 13.8 Å². The molecule has 1 heterocycles. The van der Waals surface area contributed by atoms with Gasteiger partial charge in [0.1, 0.15) is 5.69 Å². The summed E-state index contributed by atoms with van der Waals surface area (Å²) in [6.07, 6.45) is 0. The van der Waals surface area contributed by atoms with Crippen LogP contribution in [0.2, 0.25) is 0 Å². The van der Waals surface area contributed by atoms with Gasteiger partial charge in [-0.1, -0.05) is 12.1 Å². The van der Waals surface area contributed by atoms with Gasteiger partial charge >= 0.3 is 11.9 Å². The molecule has 0 unspecified atom stereocenters. The lowest BCUT2D eigenvalue weighted by Gasteiger charge is -2.06. The maximum Gasteiger partial charge on any atom is 0.355 e. The fourth-order valence-corrected chi connectivity index (χ4v) is 2.77. The zero-order chi connectivity index (χ0) is 20.0. The highest BCUT2D eigenvalue weighted by atomic mass is 16.5. The van der Waals surface area contributed by atoms with Crippen molar-refractivity contribution in [3.63, 3.8) is 0 Å². The molecule has 2 rings (SSSR count). The van der Waals surface area contributed by atoms with Crippen molar-refractivity contribution in [3.8, 4) is 0 Å². The Balaban J connectivity index is 2.05. The normalized spacial score (nSPS) is 10.5. The fourth-order valence-electron chi connectivity index (χ4n) is 2.77. The maximum absolute atomic E-state index is 12.5. The summed E-state index contributed by atoms with van der Waals surface area (Å²) >= 11 is 0. The van der Waals surface area contributed by atoms with E-state index in [-0.39, 0.29) is 18.1 Å². The van der Waals surface area contributed by atoms with Gasteiger partial charge < -0.3 is 19.2 Å². The standard InChI is InChI=1S/C20H23NO6/c1-5-26-20(24)18-12(2)17(13(3)21-18)16(22)11-27-19(23)15-8-6-14(7-9-15)10-25-4/h6-9,21H,5,10-11H2,1-4H3. The average Bonchev–Trinajstić information content (AvgIpc) is 2.95. The number of hydrogen-bond donors (Lipinski definition) is 1. The van der Waals surface area contributed by atoms with Crippen LogP contribution in [0.4, 0.5) is 0 Å². The first-order valence-corrected chi connectivity index (χ1v) is 8.53. The van der Waals surface area contributed by atoms with E-state index in [2.05, 4.69) is 4.98 Å². The Morgan fingerprint density at radius 2 is 1.67 bits per heavy atom. The monoisotopic (exact) mass is 373 g/mol. The fraction of sp³-hybridized carbons (Fsp3) is 0.350. The van der Waals surface area contributed by atoms with Crippen molar-refractivity contribution in [1.82, 2.24) is 4.98 Å². The topological polar surface area (TPSA) is 94.7 Å². The second-order valence-electron chi connectivity index (χ2n) is 5.97. The van der Waals surface area contributed by atoms with Crippen LogP contribution in [0.25, 0.3) is 0 Å². The number of carbonyl (C=O) groups excluding carboxylic acids is 3. The van der Waals surface area contributed by atoms with Crippen molar-refractivity contribution in [2.75, 3.05) is 20.3 Å². The zero-order valence-corrected chi connectivity index (χ0v) is 15.9. The number of benzene rings is 1. The summed E-state index contributed by atoms with van der Waals surface area (Å²) in [4.78, 5) is 39.4. The smallest absolute Gasteiger partial charge is 0.355 e. The molecule has 27 heavy (non-hydrogen) atoms. The largest absolute Gasteiger partial charge is 0.461 e. The first-order chi connectivity index (χ1) is 12.9. The summed E-state index contributed by atoms with van der Waals surface area (Å²) in [6, 6.07) is 6.75. The molecule has 0 aliphatic heterocycles. The number of hydrogen-bond acceptors (Lipinski definition) is 6. The van der Waals surface area contributed by atoms with Gasteiger partial charge in [-0.2, -0.15) is 0 Å². The third-order valence-corrected chi connectivity index (χ3v) is 4.03. The van der Waals surface area contributed by atoms with Crippen molar-refractivity contribution < 1.29 is 28.6 Å². The number of esters is 2. The molecular formula is C20H23NO6. The van der Waals surface area contributed by atoms with Gasteiger partial charge in [0.15, 0.2) is 6.61 Å². The van der Waals surface area contributed by atoms with Gasteiger partial charge in [0.2, 0.25) is 5.78 Å². The van der Waals surface area contributed by atoms with Gasteiger partial charge in [0.25, 0.3) is 0 Å². The molecule has 0 bridgehead atoms. The Bertz CT molecular complexity index is 835. The van der Waals surface area contributed by atoms with Crippen molar-refractivity contribution in [2.24, 2.45) is 0 Å². The molecule has 1 aromatic carbocycles. The Morgan fingerprint density at radius 3 is 2.26 bits per heavy atom. The van der Waals surface area contributed by atoms with Crippen LogP contribution in [0.5, 0.6) is 0 Å². The lowest BCUT2D eigenvalue weighted by molar-refractivity contribution is 0.0473. The predicted octanol–water partition coefficient (Wildman–Crippen LogP) is 2.99. The number of H-pyrrole nitrogens is 1. The molecule has 0 fully saturated rings. The van der Waals surface area contributed by atoms with E-state index in [1.165, 1.54) is 0 Å². The molecule has 0 aliphatic carbocycles. The number of ketones is 1.